The number of hydrogen-bond donors (Lipinski definition) is 2. The number of urea groups is 1. The lowest BCUT2D eigenvalue weighted by Crippen LogP contribution is -2.24. The van der Waals surface area contributed by atoms with Crippen LogP contribution in [0, 0.1) is 10.1 Å². The molecule has 0 aliphatic carbocycles. The van der Waals surface area contributed by atoms with E-state index in [1.165, 1.54) is 24.4 Å². The molecule has 2 aromatic rings. The van der Waals surface area contributed by atoms with Gasteiger partial charge in [0.05, 0.1) is 82.2 Å². The van der Waals surface area contributed by atoms with E-state index in [-0.39, 0.29) is 44.4 Å². The van der Waals surface area contributed by atoms with Crippen molar-refractivity contribution >= 4 is 23.8 Å². The smallest absolute Gasteiger partial charge is 0.344 e. The van der Waals surface area contributed by atoms with Gasteiger partial charge in [0, 0.05) is 6.07 Å². The first-order chi connectivity index (χ1) is 19.0. The molecule has 1 saturated heterocycles. The molecular weight excluding hydrogens is 520 g/mol. The third kappa shape index (κ3) is 10.1. The van der Waals surface area contributed by atoms with Crippen molar-refractivity contribution in [2.75, 3.05) is 72.6 Å². The summed E-state index contributed by atoms with van der Waals surface area (Å²) in [7, 11) is 0. The van der Waals surface area contributed by atoms with E-state index in [0.717, 1.165) is 5.01 Å². The first-order valence-electron chi connectivity index (χ1n) is 12.1. The topological polar surface area (TPSA) is 184 Å². The van der Waals surface area contributed by atoms with Gasteiger partial charge in [-0.2, -0.15) is 5.10 Å². The molecular formula is C24H30N4O11. The molecule has 15 nitrogen and oxygen atoms in total. The van der Waals surface area contributed by atoms with Gasteiger partial charge in [0.2, 0.25) is 5.91 Å². The average Bonchev–Trinajstić information content (AvgIpc) is 3.52. The lowest BCUT2D eigenvalue weighted by Gasteiger charge is -2.11. The fourth-order valence-electron chi connectivity index (χ4n) is 3.20. The van der Waals surface area contributed by atoms with E-state index < -0.39 is 16.9 Å². The van der Waals surface area contributed by atoms with E-state index in [2.05, 4.69) is 10.4 Å². The van der Waals surface area contributed by atoms with Crippen LogP contribution >= 0.6 is 0 Å². The molecule has 15 heteroatoms. The Hall–Kier alpha value is -3.89. The fraction of sp³-hybridized carbons (Fsp3) is 0.458. The van der Waals surface area contributed by atoms with Crippen LogP contribution in [-0.4, -0.2) is 106 Å². The summed E-state index contributed by atoms with van der Waals surface area (Å²) in [5.74, 6) is 0.431. The second kappa shape index (κ2) is 16.2. The number of aliphatic hydroxyl groups is 1. The number of carbonyl (C=O) groups is 2. The molecule has 212 valence electrons. The number of nitrogens with zero attached hydrogens (tertiary/aromatic N) is 3. The van der Waals surface area contributed by atoms with Crippen molar-refractivity contribution in [1.29, 1.82) is 0 Å². The third-order valence-electron chi connectivity index (χ3n) is 5.00. The van der Waals surface area contributed by atoms with Crippen molar-refractivity contribution < 1.29 is 47.7 Å². The van der Waals surface area contributed by atoms with Gasteiger partial charge in [-0.25, -0.2) is 9.80 Å². The van der Waals surface area contributed by atoms with Crippen LogP contribution in [0.5, 0.6) is 5.75 Å². The fourth-order valence-corrected chi connectivity index (χ4v) is 3.20. The summed E-state index contributed by atoms with van der Waals surface area (Å²) < 4.78 is 32.7. The van der Waals surface area contributed by atoms with Crippen LogP contribution in [0.2, 0.25) is 0 Å². The number of imide groups is 1. The van der Waals surface area contributed by atoms with Gasteiger partial charge < -0.3 is 33.2 Å². The Balaban J connectivity index is 1.43. The Bertz CT molecular complexity index is 1120. The number of rotatable bonds is 19. The Morgan fingerprint density at radius 3 is 2.21 bits per heavy atom. The largest absolute Gasteiger partial charge is 0.490 e. The van der Waals surface area contributed by atoms with Gasteiger partial charge in [-0.3, -0.25) is 20.2 Å². The molecule has 0 saturated carbocycles. The van der Waals surface area contributed by atoms with Crippen molar-refractivity contribution in [2.24, 2.45) is 5.10 Å². The molecule has 0 atom stereocenters. The highest BCUT2D eigenvalue weighted by molar-refractivity contribution is 6.02. The molecule has 1 aromatic heterocycles. The Morgan fingerprint density at radius 2 is 1.62 bits per heavy atom. The maximum atomic E-state index is 11.6. The predicted molar refractivity (Wildman–Crippen MR) is 134 cm³/mol. The number of ether oxygens (including phenoxy) is 5. The van der Waals surface area contributed by atoms with E-state index >= 15 is 0 Å². The first-order valence-corrected chi connectivity index (χ1v) is 12.1. The van der Waals surface area contributed by atoms with E-state index in [9.17, 15) is 19.7 Å². The summed E-state index contributed by atoms with van der Waals surface area (Å²) in [6.45, 7) is 2.75. The molecule has 1 fully saturated rings. The molecule has 1 aliphatic rings. The number of nitrogens with one attached hydrogen (secondary N) is 1. The number of nitro groups is 1. The Labute approximate surface area is 223 Å². The van der Waals surface area contributed by atoms with Crippen LogP contribution in [-0.2, 0) is 23.7 Å². The monoisotopic (exact) mass is 550 g/mol. The minimum Gasteiger partial charge on any atom is -0.490 e. The molecule has 0 unspecified atom stereocenters. The lowest BCUT2D eigenvalue weighted by atomic mass is 10.1. The molecule has 3 rings (SSSR count). The Morgan fingerprint density at radius 1 is 0.974 bits per heavy atom. The summed E-state index contributed by atoms with van der Waals surface area (Å²) in [5, 5.41) is 26.8. The third-order valence-corrected chi connectivity index (χ3v) is 5.00. The van der Waals surface area contributed by atoms with E-state index in [4.69, 9.17) is 33.2 Å². The van der Waals surface area contributed by atoms with Gasteiger partial charge in [0.25, 0.3) is 5.69 Å². The molecule has 39 heavy (non-hydrogen) atoms. The number of hydrogen-bond acceptors (Lipinski definition) is 12. The Kier molecular flexibility index (Phi) is 12.3. The zero-order valence-electron chi connectivity index (χ0n) is 21.1. The molecule has 1 aliphatic heterocycles. The maximum Gasteiger partial charge on any atom is 0.344 e. The van der Waals surface area contributed by atoms with Crippen LogP contribution in [0.3, 0.4) is 0 Å². The zero-order valence-corrected chi connectivity index (χ0v) is 21.1. The SMILES string of the molecule is O=C1CN(/N=C/c2ccc(-c3ccc([N+](=O)[O-])cc3OCCOCCOCCOCCOCCO)o2)C(=O)N1. The van der Waals surface area contributed by atoms with Gasteiger partial charge in [0.15, 0.2) is 0 Å². The van der Waals surface area contributed by atoms with Gasteiger partial charge in [-0.15, -0.1) is 0 Å². The highest BCUT2D eigenvalue weighted by Crippen LogP contribution is 2.34. The quantitative estimate of drug-likeness (QED) is 0.0841. The number of non-ortho nitro benzene ring substituents is 1. The van der Waals surface area contributed by atoms with Crippen molar-refractivity contribution in [3.8, 4) is 17.1 Å². The molecule has 0 radical (unpaired) electrons. The molecule has 3 amide bonds. The molecule has 0 bridgehead atoms. The second-order valence-electron chi connectivity index (χ2n) is 7.82. The van der Waals surface area contributed by atoms with Gasteiger partial charge in [-0.1, -0.05) is 0 Å². The molecule has 0 spiro atoms. The minimum absolute atomic E-state index is 0.0189. The number of furan rings is 1. The first kappa shape index (κ1) is 29.7. The maximum absolute atomic E-state index is 11.6. The molecule has 2 heterocycles. The summed E-state index contributed by atoms with van der Waals surface area (Å²) >= 11 is 0. The molecule has 2 N–H and O–H groups in total. The minimum atomic E-state index is -0.631. The van der Waals surface area contributed by atoms with Crippen molar-refractivity contribution in [3.63, 3.8) is 0 Å². The van der Waals surface area contributed by atoms with Crippen LogP contribution in [0.1, 0.15) is 5.76 Å². The van der Waals surface area contributed by atoms with Crippen LogP contribution in [0.15, 0.2) is 39.9 Å². The van der Waals surface area contributed by atoms with Crippen molar-refractivity contribution in [1.82, 2.24) is 10.3 Å². The number of benzene rings is 1. The normalized spacial score (nSPS) is 13.4. The summed E-state index contributed by atoms with van der Waals surface area (Å²) in [6.07, 6.45) is 1.28. The number of hydrazone groups is 1. The summed E-state index contributed by atoms with van der Waals surface area (Å²) in [5.41, 5.74) is 0.322. The summed E-state index contributed by atoms with van der Waals surface area (Å²) in [6, 6.07) is 6.73. The van der Waals surface area contributed by atoms with Crippen LogP contribution in [0.4, 0.5) is 10.5 Å². The highest BCUT2D eigenvalue weighted by atomic mass is 16.6. The van der Waals surface area contributed by atoms with Crippen molar-refractivity contribution in [3.05, 3.63) is 46.2 Å². The van der Waals surface area contributed by atoms with Crippen LogP contribution < -0.4 is 10.1 Å². The average molecular weight is 551 g/mol. The second-order valence-corrected chi connectivity index (χ2v) is 7.82. The summed E-state index contributed by atoms with van der Waals surface area (Å²) in [4.78, 5) is 33.6. The van der Waals surface area contributed by atoms with E-state index in [1.807, 2.05) is 0 Å². The van der Waals surface area contributed by atoms with E-state index in [0.29, 0.717) is 56.7 Å². The molecule has 1 aromatic carbocycles. The van der Waals surface area contributed by atoms with Gasteiger partial charge >= 0.3 is 6.03 Å². The standard InChI is InChI=1S/C24H30N4O11/c29-5-6-34-7-8-35-9-10-36-11-12-37-13-14-38-22-15-18(28(32)33)1-3-20(22)21-4-2-19(39-21)16-25-27-17-23(30)26-24(27)31/h1-4,15-16,29H,5-14,17H2,(H,26,30,31)/b25-16+. The predicted octanol–water partition coefficient (Wildman–Crippen LogP) is 1.18. The van der Waals surface area contributed by atoms with Gasteiger partial charge in [0.1, 0.15) is 30.4 Å². The lowest BCUT2D eigenvalue weighted by molar-refractivity contribution is -0.384. The number of aliphatic hydroxyl groups excluding tert-OH is 1. The van der Waals surface area contributed by atoms with Crippen molar-refractivity contribution in [2.45, 2.75) is 0 Å². The number of amides is 3. The highest BCUT2D eigenvalue weighted by Gasteiger charge is 2.26. The zero-order chi connectivity index (χ0) is 27.9. The number of carbonyl (C=O) groups excluding carboxylic acids is 2. The van der Waals surface area contributed by atoms with Gasteiger partial charge in [-0.05, 0) is 18.2 Å². The van der Waals surface area contributed by atoms with Crippen LogP contribution in [0.25, 0.3) is 11.3 Å². The number of nitro benzene ring substituents is 1. The van der Waals surface area contributed by atoms with E-state index in [1.54, 1.807) is 12.1 Å².